The van der Waals surface area contributed by atoms with Crippen molar-refractivity contribution in [3.8, 4) is 6.07 Å². The predicted molar refractivity (Wildman–Crippen MR) is 83.0 cm³/mol. The molecule has 0 N–H and O–H groups in total. The molecule has 0 aliphatic rings. The Morgan fingerprint density at radius 2 is 2.00 bits per heavy atom. The lowest BCUT2D eigenvalue weighted by atomic mass is 10.1. The van der Waals surface area contributed by atoms with Crippen molar-refractivity contribution < 1.29 is 4.79 Å². The lowest BCUT2D eigenvalue weighted by Gasteiger charge is -2.18. The van der Waals surface area contributed by atoms with E-state index in [-0.39, 0.29) is 5.91 Å². The lowest BCUT2D eigenvalue weighted by Crippen LogP contribution is -2.27. The minimum Gasteiger partial charge on any atom is -0.310 e. The van der Waals surface area contributed by atoms with Crippen LogP contribution in [0.25, 0.3) is 0 Å². The van der Waals surface area contributed by atoms with E-state index in [1.54, 1.807) is 49.5 Å². The molecule has 0 atom stereocenters. The van der Waals surface area contributed by atoms with Crippen LogP contribution in [0.3, 0.4) is 0 Å². The molecule has 0 fully saturated rings. The first-order valence-electron chi connectivity index (χ1n) is 5.76. The molecule has 0 spiro atoms. The normalized spacial score (nSPS) is 9.90. The van der Waals surface area contributed by atoms with Crippen molar-refractivity contribution in [2.24, 2.45) is 0 Å². The van der Waals surface area contributed by atoms with Crippen LogP contribution in [-0.2, 0) is 0 Å². The highest BCUT2D eigenvalue weighted by Gasteiger charge is 2.17. The summed E-state index contributed by atoms with van der Waals surface area (Å²) in [6.07, 6.45) is 0. The van der Waals surface area contributed by atoms with Gasteiger partial charge in [-0.1, -0.05) is 39.7 Å². The van der Waals surface area contributed by atoms with E-state index in [2.05, 4.69) is 22.0 Å². The average molecular weight is 350 g/mol. The van der Waals surface area contributed by atoms with E-state index in [1.807, 2.05) is 0 Å². The molecule has 0 aliphatic heterocycles. The number of hydrogen-bond acceptors (Lipinski definition) is 2. The van der Waals surface area contributed by atoms with Crippen molar-refractivity contribution in [2.75, 3.05) is 11.9 Å². The molecule has 3 nitrogen and oxygen atoms in total. The van der Waals surface area contributed by atoms with Gasteiger partial charge in [0.15, 0.2) is 0 Å². The van der Waals surface area contributed by atoms with Crippen LogP contribution in [0.1, 0.15) is 15.9 Å². The maximum Gasteiger partial charge on any atom is 0.258 e. The molecule has 5 heteroatoms. The number of halogens is 2. The highest BCUT2D eigenvalue weighted by atomic mass is 79.9. The second-order valence-corrected chi connectivity index (χ2v) is 5.50. The number of benzene rings is 2. The Morgan fingerprint density at radius 3 is 2.65 bits per heavy atom. The van der Waals surface area contributed by atoms with Gasteiger partial charge in [-0.3, -0.25) is 4.79 Å². The Labute approximate surface area is 130 Å². The van der Waals surface area contributed by atoms with Crippen LogP contribution in [0.5, 0.6) is 0 Å². The number of nitrogens with zero attached hydrogens (tertiary/aromatic N) is 2. The average Bonchev–Trinajstić information content (AvgIpc) is 2.44. The minimum atomic E-state index is -0.226. The molecule has 0 radical (unpaired) electrons. The van der Waals surface area contributed by atoms with Crippen molar-refractivity contribution in [3.05, 3.63) is 63.1 Å². The summed E-state index contributed by atoms with van der Waals surface area (Å²) < 4.78 is 0.732. The first-order valence-corrected chi connectivity index (χ1v) is 6.93. The maximum atomic E-state index is 12.5. The number of hydrogen-bond donors (Lipinski definition) is 0. The fourth-order valence-corrected chi connectivity index (χ4v) is 2.70. The van der Waals surface area contributed by atoms with Gasteiger partial charge in [-0.05, 0) is 30.3 Å². The highest BCUT2D eigenvalue weighted by Crippen LogP contribution is 2.24. The molecule has 0 aliphatic carbocycles. The standard InChI is InChI=1S/C15H10BrClN2O/c1-19(14-5-3-2-4-10(14)9-18)15(20)11-6-12(16)8-13(17)7-11/h2-8H,1H3. The second kappa shape index (κ2) is 6.08. The summed E-state index contributed by atoms with van der Waals surface area (Å²) in [6, 6.07) is 14.0. The van der Waals surface area contributed by atoms with Gasteiger partial charge in [0.2, 0.25) is 0 Å². The summed E-state index contributed by atoms with van der Waals surface area (Å²) in [7, 11) is 1.63. The minimum absolute atomic E-state index is 0.226. The summed E-state index contributed by atoms with van der Waals surface area (Å²) in [5.74, 6) is -0.226. The Morgan fingerprint density at radius 1 is 1.30 bits per heavy atom. The van der Waals surface area contributed by atoms with Crippen LogP contribution in [-0.4, -0.2) is 13.0 Å². The SMILES string of the molecule is CN(C(=O)c1cc(Cl)cc(Br)c1)c1ccccc1C#N. The molecule has 0 unspecified atom stereocenters. The molecule has 2 rings (SSSR count). The second-order valence-electron chi connectivity index (χ2n) is 4.15. The van der Waals surface area contributed by atoms with Crippen LogP contribution in [0, 0.1) is 11.3 Å². The molecule has 1 amide bonds. The maximum absolute atomic E-state index is 12.5. The van der Waals surface area contributed by atoms with Gasteiger partial charge in [-0.2, -0.15) is 5.26 Å². The first-order chi connectivity index (χ1) is 9.52. The van der Waals surface area contributed by atoms with E-state index in [9.17, 15) is 4.79 Å². The van der Waals surface area contributed by atoms with Crippen molar-refractivity contribution >= 4 is 39.1 Å². The van der Waals surface area contributed by atoms with E-state index >= 15 is 0 Å². The van der Waals surface area contributed by atoms with Crippen molar-refractivity contribution in [1.29, 1.82) is 5.26 Å². The molecule has 2 aromatic carbocycles. The number of carbonyl (C=O) groups excluding carboxylic acids is 1. The number of rotatable bonds is 2. The molecule has 100 valence electrons. The van der Waals surface area contributed by atoms with Crippen LogP contribution < -0.4 is 4.90 Å². The number of nitriles is 1. The molecule has 0 saturated heterocycles. The van der Waals surface area contributed by atoms with Gasteiger partial charge in [0.1, 0.15) is 6.07 Å². The first kappa shape index (κ1) is 14.6. The van der Waals surface area contributed by atoms with Crippen LogP contribution >= 0.6 is 27.5 Å². The molecule has 0 aromatic heterocycles. The lowest BCUT2D eigenvalue weighted by molar-refractivity contribution is 0.0993. The molecule has 2 aromatic rings. The van der Waals surface area contributed by atoms with Gasteiger partial charge in [-0.25, -0.2) is 0 Å². The van der Waals surface area contributed by atoms with Gasteiger partial charge in [0, 0.05) is 22.1 Å². The fraction of sp³-hybridized carbons (Fsp3) is 0.0667. The number of para-hydroxylation sites is 1. The van der Waals surface area contributed by atoms with Gasteiger partial charge >= 0.3 is 0 Å². The van der Waals surface area contributed by atoms with Crippen LogP contribution in [0.2, 0.25) is 5.02 Å². The largest absolute Gasteiger partial charge is 0.310 e. The summed E-state index contributed by atoms with van der Waals surface area (Å²) >= 11 is 9.26. The van der Waals surface area contributed by atoms with Gasteiger partial charge in [0.05, 0.1) is 11.3 Å². The van der Waals surface area contributed by atoms with Crippen molar-refractivity contribution in [2.45, 2.75) is 0 Å². The topological polar surface area (TPSA) is 44.1 Å². The van der Waals surface area contributed by atoms with Crippen LogP contribution in [0.15, 0.2) is 46.9 Å². The molecule has 20 heavy (non-hydrogen) atoms. The van der Waals surface area contributed by atoms with E-state index in [4.69, 9.17) is 16.9 Å². The predicted octanol–water partition coefficient (Wildman–Crippen LogP) is 4.25. The third kappa shape index (κ3) is 3.01. The smallest absolute Gasteiger partial charge is 0.258 e. The number of amides is 1. The van der Waals surface area contributed by atoms with Gasteiger partial charge in [-0.15, -0.1) is 0 Å². The van der Waals surface area contributed by atoms with Gasteiger partial charge < -0.3 is 4.90 Å². The zero-order chi connectivity index (χ0) is 14.7. The monoisotopic (exact) mass is 348 g/mol. The summed E-state index contributed by atoms with van der Waals surface area (Å²) in [6.45, 7) is 0. The Hall–Kier alpha value is -1.83. The van der Waals surface area contributed by atoms with Crippen molar-refractivity contribution in [3.63, 3.8) is 0 Å². The Bertz CT molecular complexity index is 689. The van der Waals surface area contributed by atoms with Crippen molar-refractivity contribution in [1.82, 2.24) is 0 Å². The fourth-order valence-electron chi connectivity index (χ4n) is 1.84. The summed E-state index contributed by atoms with van der Waals surface area (Å²) in [5, 5.41) is 9.57. The summed E-state index contributed by atoms with van der Waals surface area (Å²) in [4.78, 5) is 13.9. The molecule has 0 heterocycles. The Balaban J connectivity index is 2.40. The third-order valence-corrected chi connectivity index (χ3v) is 3.48. The van der Waals surface area contributed by atoms with E-state index in [1.165, 1.54) is 4.90 Å². The van der Waals surface area contributed by atoms with E-state index in [0.717, 1.165) is 4.47 Å². The van der Waals surface area contributed by atoms with Crippen LogP contribution in [0.4, 0.5) is 5.69 Å². The quantitative estimate of drug-likeness (QED) is 0.813. The number of anilines is 1. The highest BCUT2D eigenvalue weighted by molar-refractivity contribution is 9.10. The molecular weight excluding hydrogens is 340 g/mol. The van der Waals surface area contributed by atoms with E-state index < -0.39 is 0 Å². The molecule has 0 saturated carbocycles. The summed E-state index contributed by atoms with van der Waals surface area (Å²) in [5.41, 5.74) is 1.47. The zero-order valence-electron chi connectivity index (χ0n) is 10.6. The molecule has 0 bridgehead atoms. The molecular formula is C15H10BrClN2O. The zero-order valence-corrected chi connectivity index (χ0v) is 12.9. The van der Waals surface area contributed by atoms with Gasteiger partial charge in [0.25, 0.3) is 5.91 Å². The Kier molecular flexibility index (Phi) is 4.43. The van der Waals surface area contributed by atoms with E-state index in [0.29, 0.717) is 21.8 Å². The third-order valence-electron chi connectivity index (χ3n) is 2.80. The number of carbonyl (C=O) groups is 1.